The number of nitrogens with zero attached hydrogens (tertiary/aromatic N) is 4. The van der Waals surface area contributed by atoms with Crippen molar-refractivity contribution in [3.8, 4) is 5.75 Å². The number of ether oxygens (including phenoxy) is 2. The quantitative estimate of drug-likeness (QED) is 0.473. The van der Waals surface area contributed by atoms with E-state index >= 15 is 4.39 Å². The fourth-order valence-electron chi connectivity index (χ4n) is 4.32. The lowest BCUT2D eigenvalue weighted by molar-refractivity contribution is -0.900. The monoisotopic (exact) mass is 506 g/mol. The van der Waals surface area contributed by atoms with Crippen LogP contribution in [0.2, 0.25) is 0 Å². The van der Waals surface area contributed by atoms with E-state index in [1.54, 1.807) is 47.3 Å². The number of rotatable bonds is 6. The number of hydrogen-bond donors (Lipinski definition) is 1. The molecule has 3 rings (SSSR count). The number of carbonyl (C=O) groups is 2. The number of allylic oxidation sites excluding steroid dienone is 1. The van der Waals surface area contributed by atoms with Crippen LogP contribution in [-0.2, 0) is 4.74 Å². The van der Waals surface area contributed by atoms with Gasteiger partial charge in [-0.3, -0.25) is 9.79 Å². The number of benzene rings is 1. The van der Waals surface area contributed by atoms with Gasteiger partial charge in [0.25, 0.3) is 5.91 Å². The first-order valence-electron chi connectivity index (χ1n) is 11.7. The van der Waals surface area contributed by atoms with Gasteiger partial charge >= 0.3 is 6.09 Å². The van der Waals surface area contributed by atoms with Crippen molar-refractivity contribution in [1.82, 2.24) is 10.2 Å². The van der Waals surface area contributed by atoms with Crippen LogP contribution in [0.25, 0.3) is 0 Å². The molecule has 0 radical (unpaired) electrons. The van der Waals surface area contributed by atoms with Crippen molar-refractivity contribution in [3.05, 3.63) is 40.8 Å². The van der Waals surface area contributed by atoms with E-state index in [0.717, 1.165) is 6.07 Å². The van der Waals surface area contributed by atoms with E-state index in [2.05, 4.69) is 15.4 Å². The molecule has 1 saturated heterocycles. The van der Waals surface area contributed by atoms with Crippen molar-refractivity contribution in [1.29, 1.82) is 0 Å². The number of nitrogens with one attached hydrogen (secondary N) is 1. The maximum atomic E-state index is 15.4. The van der Waals surface area contributed by atoms with E-state index < -0.39 is 35.6 Å². The van der Waals surface area contributed by atoms with Gasteiger partial charge < -0.3 is 19.7 Å². The second-order valence-electron chi connectivity index (χ2n) is 9.88. The summed E-state index contributed by atoms with van der Waals surface area (Å²) in [5, 5.41) is 7.02. The van der Waals surface area contributed by atoms with Crippen LogP contribution < -0.4 is 10.1 Å². The van der Waals surface area contributed by atoms with E-state index in [-0.39, 0.29) is 29.1 Å². The molecule has 2 heterocycles. The first kappa shape index (κ1) is 27.3. The SMILES string of the molecule is CN=CC1=C(COc2ccc(C(=O)NC)cc2F)C=N[N+]1(C)C1CCN(C(=O)OC(C)(C)C)CC1F. The highest BCUT2D eigenvalue weighted by Gasteiger charge is 2.49. The smallest absolute Gasteiger partial charge is 0.410 e. The van der Waals surface area contributed by atoms with Crippen molar-refractivity contribution in [2.24, 2.45) is 10.1 Å². The fourth-order valence-corrected chi connectivity index (χ4v) is 4.32. The molecule has 1 aromatic carbocycles. The Labute approximate surface area is 210 Å². The van der Waals surface area contributed by atoms with Crippen LogP contribution in [0.4, 0.5) is 13.6 Å². The fraction of sp³-hybridized carbons (Fsp3) is 0.520. The zero-order chi connectivity index (χ0) is 26.7. The third kappa shape index (κ3) is 5.89. The Kier molecular flexibility index (Phi) is 8.12. The lowest BCUT2D eigenvalue weighted by atomic mass is 10.00. The van der Waals surface area contributed by atoms with Gasteiger partial charge in [0.1, 0.15) is 12.2 Å². The minimum atomic E-state index is -1.36. The van der Waals surface area contributed by atoms with Crippen LogP contribution in [-0.4, -0.2) is 92.6 Å². The predicted molar refractivity (Wildman–Crippen MR) is 133 cm³/mol. The highest BCUT2D eigenvalue weighted by atomic mass is 19.1. The van der Waals surface area contributed by atoms with Crippen molar-refractivity contribution in [2.45, 2.75) is 45.0 Å². The summed E-state index contributed by atoms with van der Waals surface area (Å²) >= 11 is 0. The zero-order valence-electron chi connectivity index (χ0n) is 21.5. The molecule has 2 aliphatic rings. The van der Waals surface area contributed by atoms with E-state index in [9.17, 15) is 14.0 Å². The molecule has 0 aliphatic carbocycles. The molecule has 1 N–H and O–H groups in total. The van der Waals surface area contributed by atoms with Gasteiger partial charge in [-0.1, -0.05) is 5.10 Å². The van der Waals surface area contributed by atoms with Crippen molar-refractivity contribution < 1.29 is 32.4 Å². The summed E-state index contributed by atoms with van der Waals surface area (Å²) in [6.45, 7) is 5.50. The summed E-state index contributed by atoms with van der Waals surface area (Å²) in [5.74, 6) is -1.10. The molecule has 11 heteroatoms. The molecule has 0 spiro atoms. The van der Waals surface area contributed by atoms with Crippen LogP contribution in [0.5, 0.6) is 5.75 Å². The average Bonchev–Trinajstić information content (AvgIpc) is 3.12. The summed E-state index contributed by atoms with van der Waals surface area (Å²) in [4.78, 5) is 29.6. The number of likely N-dealkylation sites (tertiary alicyclic amines) is 1. The molecule has 1 aromatic rings. The molecule has 9 nitrogen and oxygen atoms in total. The van der Waals surface area contributed by atoms with Crippen molar-refractivity contribution in [2.75, 3.05) is 40.8 Å². The van der Waals surface area contributed by atoms with Gasteiger partial charge in [-0.15, -0.1) is 0 Å². The van der Waals surface area contributed by atoms with Gasteiger partial charge in [0.05, 0.1) is 31.6 Å². The molecule has 1 fully saturated rings. The maximum absolute atomic E-state index is 15.4. The Morgan fingerprint density at radius 1 is 1.36 bits per heavy atom. The lowest BCUT2D eigenvalue weighted by Gasteiger charge is -2.41. The topological polar surface area (TPSA) is 92.6 Å². The third-order valence-electron chi connectivity index (χ3n) is 6.13. The molecule has 36 heavy (non-hydrogen) atoms. The minimum Gasteiger partial charge on any atom is -0.486 e. The van der Waals surface area contributed by atoms with Gasteiger partial charge in [0.2, 0.25) is 0 Å². The Bertz CT molecular complexity index is 1100. The summed E-state index contributed by atoms with van der Waals surface area (Å²) in [6, 6.07) is 3.40. The number of alkyl halides is 1. The molecule has 0 aromatic heterocycles. The van der Waals surface area contributed by atoms with Crippen LogP contribution in [0.3, 0.4) is 0 Å². The van der Waals surface area contributed by atoms with Gasteiger partial charge in [-0.2, -0.15) is 4.59 Å². The minimum absolute atomic E-state index is 0.0218. The summed E-state index contributed by atoms with van der Waals surface area (Å²) in [7, 11) is 4.84. The van der Waals surface area contributed by atoms with Crippen LogP contribution in [0, 0.1) is 5.82 Å². The van der Waals surface area contributed by atoms with Crippen LogP contribution in [0.15, 0.2) is 39.6 Å². The zero-order valence-corrected chi connectivity index (χ0v) is 21.5. The van der Waals surface area contributed by atoms with Crippen molar-refractivity contribution >= 4 is 24.4 Å². The number of quaternary nitrogens is 1. The molecule has 3 unspecified atom stereocenters. The van der Waals surface area contributed by atoms with E-state index in [1.165, 1.54) is 24.1 Å². The summed E-state index contributed by atoms with van der Waals surface area (Å²) in [6.07, 6.45) is 1.65. The number of piperidine rings is 1. The van der Waals surface area contributed by atoms with Crippen LogP contribution >= 0.6 is 0 Å². The van der Waals surface area contributed by atoms with E-state index in [0.29, 0.717) is 24.2 Å². The molecular formula is C25H34F2N5O4+. The number of aliphatic imine (C=N–C) groups is 1. The molecule has 196 valence electrons. The lowest BCUT2D eigenvalue weighted by Crippen LogP contribution is -2.59. The number of amides is 2. The molecule has 2 amide bonds. The first-order valence-corrected chi connectivity index (χ1v) is 11.7. The van der Waals surface area contributed by atoms with Gasteiger partial charge in [-0.05, 0) is 39.0 Å². The van der Waals surface area contributed by atoms with Gasteiger partial charge in [-0.25, -0.2) is 13.6 Å². The predicted octanol–water partition coefficient (Wildman–Crippen LogP) is 3.31. The van der Waals surface area contributed by atoms with Gasteiger partial charge in [0.15, 0.2) is 29.5 Å². The van der Waals surface area contributed by atoms with E-state index in [4.69, 9.17) is 9.47 Å². The molecule has 3 atom stereocenters. The van der Waals surface area contributed by atoms with Crippen molar-refractivity contribution in [3.63, 3.8) is 0 Å². The number of carbonyl (C=O) groups excluding carboxylic acids is 2. The molecular weight excluding hydrogens is 472 g/mol. The second kappa shape index (κ2) is 10.7. The summed E-state index contributed by atoms with van der Waals surface area (Å²) in [5.41, 5.74) is 0.763. The Morgan fingerprint density at radius 2 is 2.08 bits per heavy atom. The second-order valence-corrected chi connectivity index (χ2v) is 9.88. The van der Waals surface area contributed by atoms with Gasteiger partial charge in [0, 0.05) is 32.6 Å². The Hall–Kier alpha value is -3.34. The number of hydrogen-bond acceptors (Lipinski definition) is 6. The normalized spacial score (nSPS) is 24.4. The summed E-state index contributed by atoms with van der Waals surface area (Å²) < 4.78 is 40.9. The first-order chi connectivity index (χ1) is 16.9. The van der Waals surface area contributed by atoms with E-state index in [1.807, 2.05) is 0 Å². The molecule has 0 saturated carbocycles. The number of halogens is 2. The standard InChI is InChI=1S/C25H33F2N5O4/c1-25(2,3)36-24(34)31-10-9-20(19(27)14-31)32(6)21(13-28-4)17(12-30-32)15-35-22-8-7-16(11-18(22)26)23(33)29-5/h7-8,11-13,19-20H,9-10,14-15H2,1-6H3/p+1. The highest BCUT2D eigenvalue weighted by molar-refractivity contribution is 5.94. The average molecular weight is 507 g/mol. The van der Waals surface area contributed by atoms with Crippen LogP contribution in [0.1, 0.15) is 37.6 Å². The highest BCUT2D eigenvalue weighted by Crippen LogP contribution is 2.34. The Balaban J connectivity index is 1.75. The third-order valence-corrected chi connectivity index (χ3v) is 6.13. The maximum Gasteiger partial charge on any atom is 0.410 e. The molecule has 2 aliphatic heterocycles. The Morgan fingerprint density at radius 3 is 2.67 bits per heavy atom. The largest absolute Gasteiger partial charge is 0.486 e. The molecule has 0 bridgehead atoms.